The summed E-state index contributed by atoms with van der Waals surface area (Å²) in [7, 11) is 2.77. The molecule has 5 nitrogen and oxygen atoms in total. The molecule has 0 fully saturated rings. The van der Waals surface area contributed by atoms with Gasteiger partial charge in [-0.2, -0.15) is 18.3 Å². The number of halogens is 3. The normalized spacial score (nSPS) is 11.4. The minimum absolute atomic E-state index is 0.302. The molecule has 0 aliphatic carbocycles. The summed E-state index contributed by atoms with van der Waals surface area (Å²) in [4.78, 5) is 12.7. The first-order chi connectivity index (χ1) is 13.2. The minimum atomic E-state index is -4.74. The lowest BCUT2D eigenvalue weighted by Crippen LogP contribution is -2.18. The van der Waals surface area contributed by atoms with E-state index < -0.39 is 23.3 Å². The number of nitrogens with one attached hydrogen (secondary N) is 1. The summed E-state index contributed by atoms with van der Waals surface area (Å²) >= 11 is 0. The molecular formula is C20H18F3N3O2. The van der Waals surface area contributed by atoms with E-state index in [1.165, 1.54) is 14.2 Å². The van der Waals surface area contributed by atoms with Crippen LogP contribution in [0.2, 0.25) is 0 Å². The van der Waals surface area contributed by atoms with Gasteiger partial charge in [0.15, 0.2) is 5.69 Å². The smallest absolute Gasteiger partial charge is 0.435 e. The van der Waals surface area contributed by atoms with Crippen LogP contribution >= 0.6 is 0 Å². The van der Waals surface area contributed by atoms with E-state index in [0.717, 1.165) is 22.0 Å². The molecule has 28 heavy (non-hydrogen) atoms. The van der Waals surface area contributed by atoms with Crippen molar-refractivity contribution in [2.24, 2.45) is 7.05 Å². The van der Waals surface area contributed by atoms with E-state index >= 15 is 0 Å². The lowest BCUT2D eigenvalue weighted by molar-refractivity contribution is -0.141. The molecule has 2 aromatic carbocycles. The predicted octanol–water partition coefficient (Wildman–Crippen LogP) is 4.68. The van der Waals surface area contributed by atoms with E-state index in [9.17, 15) is 18.0 Å². The van der Waals surface area contributed by atoms with Crippen LogP contribution in [0.5, 0.6) is 5.75 Å². The quantitative estimate of drug-likeness (QED) is 0.705. The van der Waals surface area contributed by atoms with Gasteiger partial charge in [0.2, 0.25) is 0 Å². The van der Waals surface area contributed by atoms with Gasteiger partial charge in [-0.05, 0) is 18.1 Å². The van der Waals surface area contributed by atoms with Crippen LogP contribution in [0, 0.1) is 6.92 Å². The Morgan fingerprint density at radius 2 is 1.82 bits per heavy atom. The van der Waals surface area contributed by atoms with E-state index in [2.05, 4.69) is 10.4 Å². The van der Waals surface area contributed by atoms with Crippen LogP contribution in [0.3, 0.4) is 0 Å². The molecule has 0 spiro atoms. The van der Waals surface area contributed by atoms with Gasteiger partial charge in [-0.25, -0.2) is 0 Å². The van der Waals surface area contributed by atoms with Crippen molar-refractivity contribution >= 4 is 11.6 Å². The summed E-state index contributed by atoms with van der Waals surface area (Å²) in [5, 5.41) is 5.98. The number of rotatable bonds is 4. The molecule has 1 heterocycles. The molecule has 1 amide bonds. The van der Waals surface area contributed by atoms with Crippen LogP contribution in [0.4, 0.5) is 18.9 Å². The lowest BCUT2D eigenvalue weighted by Gasteiger charge is -2.17. The maximum absolute atomic E-state index is 13.2. The average Bonchev–Trinajstić information content (AvgIpc) is 3.05. The molecule has 0 bridgehead atoms. The first-order valence-corrected chi connectivity index (χ1v) is 8.37. The predicted molar refractivity (Wildman–Crippen MR) is 99.3 cm³/mol. The van der Waals surface area contributed by atoms with Crippen molar-refractivity contribution in [2.75, 3.05) is 12.4 Å². The van der Waals surface area contributed by atoms with Crippen molar-refractivity contribution in [1.29, 1.82) is 0 Å². The standard InChI is InChI=1S/C20H18F3N3O2/c1-12-9-10-14(13-7-5-4-6-8-13)16(17(12)28-3)24-19(27)15-11-26(2)25-18(15)20(21,22)23/h4-11H,1-3H3,(H,24,27). The Balaban J connectivity index is 2.10. The van der Waals surface area contributed by atoms with Gasteiger partial charge >= 0.3 is 6.18 Å². The largest absolute Gasteiger partial charge is 0.494 e. The fourth-order valence-corrected chi connectivity index (χ4v) is 2.98. The maximum Gasteiger partial charge on any atom is 0.435 e. The number of nitrogens with zero attached hydrogens (tertiary/aromatic N) is 2. The number of carbonyl (C=O) groups excluding carboxylic acids is 1. The number of hydrogen-bond acceptors (Lipinski definition) is 3. The summed E-state index contributed by atoms with van der Waals surface area (Å²) in [6.07, 6.45) is -3.70. The molecule has 3 rings (SSSR count). The number of hydrogen-bond donors (Lipinski definition) is 1. The summed E-state index contributed by atoms with van der Waals surface area (Å²) in [5.74, 6) is -0.534. The zero-order valence-electron chi connectivity index (χ0n) is 15.5. The number of anilines is 1. The van der Waals surface area contributed by atoms with Crippen LogP contribution in [-0.4, -0.2) is 22.8 Å². The Bertz CT molecular complexity index is 1010. The van der Waals surface area contributed by atoms with Crippen molar-refractivity contribution in [3.8, 4) is 16.9 Å². The Morgan fingerprint density at radius 1 is 1.14 bits per heavy atom. The number of carbonyl (C=O) groups is 1. The molecule has 1 aromatic heterocycles. The van der Waals surface area contributed by atoms with E-state index in [4.69, 9.17) is 4.74 Å². The summed E-state index contributed by atoms with van der Waals surface area (Å²) in [6.45, 7) is 1.79. The highest BCUT2D eigenvalue weighted by atomic mass is 19.4. The Hall–Kier alpha value is -3.29. The molecule has 0 saturated carbocycles. The molecule has 146 valence electrons. The maximum atomic E-state index is 13.2. The van der Waals surface area contributed by atoms with Crippen molar-refractivity contribution in [1.82, 2.24) is 9.78 Å². The molecular weight excluding hydrogens is 371 g/mol. The Kier molecular flexibility index (Phi) is 5.13. The van der Waals surface area contributed by atoms with Crippen LogP contribution in [0.1, 0.15) is 21.6 Å². The zero-order valence-corrected chi connectivity index (χ0v) is 15.5. The highest BCUT2D eigenvalue weighted by Gasteiger charge is 2.39. The van der Waals surface area contributed by atoms with Crippen molar-refractivity contribution in [3.05, 3.63) is 65.5 Å². The van der Waals surface area contributed by atoms with Crippen LogP contribution in [0.25, 0.3) is 11.1 Å². The lowest BCUT2D eigenvalue weighted by atomic mass is 10.0. The zero-order chi connectivity index (χ0) is 20.5. The SMILES string of the molecule is COc1c(C)ccc(-c2ccccc2)c1NC(=O)c1cn(C)nc1C(F)(F)F. The van der Waals surface area contributed by atoms with Gasteiger partial charge in [-0.15, -0.1) is 0 Å². The van der Waals surface area contributed by atoms with Crippen molar-refractivity contribution < 1.29 is 22.7 Å². The average molecular weight is 389 g/mol. The Morgan fingerprint density at radius 3 is 2.43 bits per heavy atom. The molecule has 8 heteroatoms. The van der Waals surface area contributed by atoms with Gasteiger partial charge in [0.25, 0.3) is 5.91 Å². The Labute approximate surface area is 159 Å². The third-order valence-electron chi connectivity index (χ3n) is 4.22. The topological polar surface area (TPSA) is 56.1 Å². The number of ether oxygens (including phenoxy) is 1. The highest BCUT2D eigenvalue weighted by Crippen LogP contribution is 2.39. The number of alkyl halides is 3. The second kappa shape index (κ2) is 7.38. The summed E-state index contributed by atoms with van der Waals surface area (Å²) in [5.41, 5.74) is 0.667. The van der Waals surface area contributed by atoms with Gasteiger partial charge in [-0.1, -0.05) is 42.5 Å². The van der Waals surface area contributed by atoms with Gasteiger partial charge in [-0.3, -0.25) is 9.48 Å². The third kappa shape index (κ3) is 3.71. The van der Waals surface area contributed by atoms with E-state index in [0.29, 0.717) is 17.0 Å². The van der Waals surface area contributed by atoms with Crippen molar-refractivity contribution in [2.45, 2.75) is 13.1 Å². The minimum Gasteiger partial charge on any atom is -0.494 e. The van der Waals surface area contributed by atoms with E-state index in [-0.39, 0.29) is 0 Å². The number of aryl methyl sites for hydroxylation is 2. The number of methoxy groups -OCH3 is 1. The summed E-state index contributed by atoms with van der Waals surface area (Å²) < 4.78 is 46.1. The molecule has 0 aliphatic rings. The number of benzene rings is 2. The fraction of sp³-hybridized carbons (Fsp3) is 0.200. The third-order valence-corrected chi connectivity index (χ3v) is 4.22. The summed E-state index contributed by atoms with van der Waals surface area (Å²) in [6, 6.07) is 12.8. The molecule has 0 radical (unpaired) electrons. The molecule has 0 atom stereocenters. The second-order valence-corrected chi connectivity index (χ2v) is 6.22. The fourth-order valence-electron chi connectivity index (χ4n) is 2.98. The molecule has 3 aromatic rings. The van der Waals surface area contributed by atoms with Gasteiger partial charge in [0.1, 0.15) is 5.75 Å². The first-order valence-electron chi connectivity index (χ1n) is 8.37. The van der Waals surface area contributed by atoms with Crippen LogP contribution in [-0.2, 0) is 13.2 Å². The highest BCUT2D eigenvalue weighted by molar-refractivity contribution is 6.08. The van der Waals surface area contributed by atoms with Crippen LogP contribution < -0.4 is 10.1 Å². The molecule has 0 unspecified atom stereocenters. The molecule has 0 saturated heterocycles. The van der Waals surface area contributed by atoms with E-state index in [1.807, 2.05) is 36.4 Å². The number of aromatic nitrogens is 2. The number of amides is 1. The van der Waals surface area contributed by atoms with Gasteiger partial charge in [0, 0.05) is 18.8 Å². The van der Waals surface area contributed by atoms with Gasteiger partial charge in [0.05, 0.1) is 18.4 Å². The molecule has 1 N–H and O–H groups in total. The van der Waals surface area contributed by atoms with Crippen LogP contribution in [0.15, 0.2) is 48.7 Å². The van der Waals surface area contributed by atoms with E-state index in [1.54, 1.807) is 13.0 Å². The monoisotopic (exact) mass is 389 g/mol. The van der Waals surface area contributed by atoms with Crippen molar-refractivity contribution in [3.63, 3.8) is 0 Å². The molecule has 0 aliphatic heterocycles. The van der Waals surface area contributed by atoms with Gasteiger partial charge < -0.3 is 10.1 Å². The second-order valence-electron chi connectivity index (χ2n) is 6.22. The first kappa shape index (κ1) is 19.5.